The third-order valence-electron chi connectivity index (χ3n) is 6.77. The molecule has 1 aliphatic carbocycles. The Bertz CT molecular complexity index is 953. The Morgan fingerprint density at radius 1 is 0.806 bits per heavy atom. The molecule has 2 aromatic rings. The van der Waals surface area contributed by atoms with E-state index in [1.165, 1.54) is 4.90 Å². The van der Waals surface area contributed by atoms with Gasteiger partial charge in [-0.2, -0.15) is 0 Å². The van der Waals surface area contributed by atoms with Crippen LogP contribution in [0, 0.1) is 16.2 Å². The molecule has 1 N–H and O–H groups in total. The molecule has 2 fully saturated rings. The smallest absolute Gasteiger partial charge is 0.244 e. The van der Waals surface area contributed by atoms with Gasteiger partial charge in [-0.3, -0.25) is 29.7 Å². The molecule has 6 nitrogen and oxygen atoms in total. The van der Waals surface area contributed by atoms with E-state index in [2.05, 4.69) is 5.43 Å². The van der Waals surface area contributed by atoms with Crippen LogP contribution in [0.25, 0.3) is 0 Å². The van der Waals surface area contributed by atoms with E-state index in [4.69, 9.17) is 0 Å². The second kappa shape index (κ2) is 7.22. The molecule has 0 aromatic heterocycles. The van der Waals surface area contributed by atoms with Crippen LogP contribution in [0.1, 0.15) is 40.0 Å². The maximum Gasteiger partial charge on any atom is 0.244 e. The predicted molar refractivity (Wildman–Crippen MR) is 119 cm³/mol. The number of para-hydroxylation sites is 2. The second-order valence-electron chi connectivity index (χ2n) is 9.83. The van der Waals surface area contributed by atoms with E-state index >= 15 is 0 Å². The van der Waals surface area contributed by atoms with Gasteiger partial charge in [0.1, 0.15) is 0 Å². The number of hydrogen-bond donors (Lipinski definition) is 1. The molecule has 2 aliphatic rings. The third kappa shape index (κ3) is 3.50. The Morgan fingerprint density at radius 3 is 1.65 bits per heavy atom. The molecule has 31 heavy (non-hydrogen) atoms. The minimum Gasteiger partial charge on any atom is -0.285 e. The van der Waals surface area contributed by atoms with Crippen molar-refractivity contribution in [3.8, 4) is 0 Å². The molecule has 2 bridgehead atoms. The number of carbonyl (C=O) groups is 3. The summed E-state index contributed by atoms with van der Waals surface area (Å²) in [6.45, 7) is 5.64. The maximum atomic E-state index is 13.7. The Balaban J connectivity index is 1.68. The highest BCUT2D eigenvalue weighted by Crippen LogP contribution is 2.58. The number of carbonyl (C=O) groups excluding carboxylic acids is 3. The molecular formula is C25H29N3O3. The van der Waals surface area contributed by atoms with Gasteiger partial charge < -0.3 is 0 Å². The molecule has 1 aliphatic heterocycles. The van der Waals surface area contributed by atoms with Crippen molar-refractivity contribution in [1.82, 2.24) is 10.3 Å². The van der Waals surface area contributed by atoms with Gasteiger partial charge in [0.05, 0.1) is 16.8 Å². The standard InChI is InChI=1S/C25H29N3O3/c1-23(15-24(2)17-25(3,16-23)22(31)27(4)21(24)30)20(29)26-28(18-11-7-5-8-12-18)19-13-9-6-10-14-19/h5-14H,15-17H2,1-4H3,(H,26,29). The summed E-state index contributed by atoms with van der Waals surface area (Å²) < 4.78 is 0. The van der Waals surface area contributed by atoms with Crippen molar-refractivity contribution >= 4 is 29.1 Å². The minimum atomic E-state index is -0.865. The summed E-state index contributed by atoms with van der Waals surface area (Å²) in [5, 5.41) is 1.76. The van der Waals surface area contributed by atoms with Crippen LogP contribution in [0.15, 0.2) is 60.7 Å². The third-order valence-corrected chi connectivity index (χ3v) is 6.77. The number of hydrazine groups is 1. The van der Waals surface area contributed by atoms with Gasteiger partial charge >= 0.3 is 0 Å². The molecule has 1 saturated heterocycles. The molecule has 6 heteroatoms. The SMILES string of the molecule is CN1C(=O)C2(C)CC(C)(C(=O)NN(c3ccccc3)c3ccccc3)CC(C)(C2)C1=O. The summed E-state index contributed by atoms with van der Waals surface area (Å²) in [6, 6.07) is 19.2. The zero-order valence-corrected chi connectivity index (χ0v) is 18.5. The molecular weight excluding hydrogens is 390 g/mol. The van der Waals surface area contributed by atoms with E-state index in [0.717, 1.165) is 11.4 Å². The maximum absolute atomic E-state index is 13.7. The number of nitrogens with one attached hydrogen (secondary N) is 1. The molecule has 2 aromatic carbocycles. The van der Waals surface area contributed by atoms with Crippen LogP contribution in [0.4, 0.5) is 11.4 Å². The number of nitrogens with zero attached hydrogens (tertiary/aromatic N) is 2. The number of piperidine rings is 1. The summed E-state index contributed by atoms with van der Waals surface area (Å²) in [5.41, 5.74) is 2.38. The van der Waals surface area contributed by atoms with E-state index in [-0.39, 0.29) is 17.7 Å². The lowest BCUT2D eigenvalue weighted by molar-refractivity contribution is -0.178. The monoisotopic (exact) mass is 419 g/mol. The van der Waals surface area contributed by atoms with Crippen LogP contribution in [0.3, 0.4) is 0 Å². The van der Waals surface area contributed by atoms with E-state index in [1.54, 1.807) is 12.1 Å². The second-order valence-corrected chi connectivity index (χ2v) is 9.83. The average molecular weight is 420 g/mol. The van der Waals surface area contributed by atoms with Crippen LogP contribution >= 0.6 is 0 Å². The summed E-state index contributed by atoms with van der Waals surface area (Å²) in [7, 11) is 1.55. The number of amides is 3. The first-order chi connectivity index (χ1) is 14.6. The van der Waals surface area contributed by atoms with Gasteiger partial charge in [-0.15, -0.1) is 0 Å². The number of fused-ring (bicyclic) bond motifs is 2. The van der Waals surface area contributed by atoms with Crippen LogP contribution < -0.4 is 10.4 Å². The Kier molecular flexibility index (Phi) is 4.91. The normalized spacial score (nSPS) is 30.1. The van der Waals surface area contributed by atoms with E-state index in [9.17, 15) is 14.4 Å². The average Bonchev–Trinajstić information content (AvgIpc) is 2.75. The van der Waals surface area contributed by atoms with Gasteiger partial charge in [0.25, 0.3) is 0 Å². The molecule has 1 saturated carbocycles. The van der Waals surface area contributed by atoms with Crippen LogP contribution in [0.5, 0.6) is 0 Å². The number of anilines is 2. The molecule has 1 heterocycles. The lowest BCUT2D eigenvalue weighted by atomic mass is 9.51. The minimum absolute atomic E-state index is 0.192. The van der Waals surface area contributed by atoms with E-state index in [0.29, 0.717) is 19.3 Å². The van der Waals surface area contributed by atoms with E-state index < -0.39 is 16.2 Å². The predicted octanol–water partition coefficient (Wildman–Crippen LogP) is 4.06. The first-order valence-electron chi connectivity index (χ1n) is 10.6. The largest absolute Gasteiger partial charge is 0.285 e. The zero-order valence-electron chi connectivity index (χ0n) is 18.5. The van der Waals surface area contributed by atoms with Crippen molar-refractivity contribution in [2.24, 2.45) is 16.2 Å². The van der Waals surface area contributed by atoms with Gasteiger partial charge in [-0.05, 0) is 43.5 Å². The molecule has 162 valence electrons. The van der Waals surface area contributed by atoms with Gasteiger partial charge in [-0.25, -0.2) is 0 Å². The van der Waals surface area contributed by atoms with Gasteiger partial charge in [0.15, 0.2) is 0 Å². The van der Waals surface area contributed by atoms with Crippen molar-refractivity contribution in [2.45, 2.75) is 40.0 Å². The molecule has 2 unspecified atom stereocenters. The van der Waals surface area contributed by atoms with Crippen molar-refractivity contribution in [2.75, 3.05) is 12.1 Å². The number of benzene rings is 2. The van der Waals surface area contributed by atoms with Gasteiger partial charge in [0.2, 0.25) is 17.7 Å². The first-order valence-corrected chi connectivity index (χ1v) is 10.6. The highest BCUT2D eigenvalue weighted by atomic mass is 16.2. The fourth-order valence-electron chi connectivity index (χ4n) is 5.80. The van der Waals surface area contributed by atoms with Gasteiger partial charge in [-0.1, -0.05) is 57.2 Å². The number of hydrogen-bond acceptors (Lipinski definition) is 4. The molecule has 3 amide bonds. The Labute approximate surface area is 183 Å². The summed E-state index contributed by atoms with van der Waals surface area (Å²) >= 11 is 0. The topological polar surface area (TPSA) is 69.7 Å². The molecule has 4 rings (SSSR count). The van der Waals surface area contributed by atoms with Crippen LogP contribution in [-0.4, -0.2) is 29.7 Å². The highest BCUT2D eigenvalue weighted by molar-refractivity contribution is 6.04. The Hall–Kier alpha value is -3.15. The molecule has 2 atom stereocenters. The molecule has 0 spiro atoms. The molecule has 0 radical (unpaired) electrons. The number of likely N-dealkylation sites (tertiary alicyclic amines) is 1. The first kappa shape index (κ1) is 21.1. The fourth-order valence-corrected chi connectivity index (χ4v) is 5.80. The van der Waals surface area contributed by atoms with Crippen LogP contribution in [-0.2, 0) is 14.4 Å². The quantitative estimate of drug-likeness (QED) is 0.599. The van der Waals surface area contributed by atoms with E-state index in [1.807, 2.05) is 81.4 Å². The number of imide groups is 1. The summed E-state index contributed by atoms with van der Waals surface area (Å²) in [6.07, 6.45) is 1.27. The fraction of sp³-hybridized carbons (Fsp3) is 0.400. The van der Waals surface area contributed by atoms with Crippen molar-refractivity contribution < 1.29 is 14.4 Å². The van der Waals surface area contributed by atoms with Crippen molar-refractivity contribution in [1.29, 1.82) is 0 Å². The van der Waals surface area contributed by atoms with Crippen molar-refractivity contribution in [3.05, 3.63) is 60.7 Å². The zero-order chi connectivity index (χ0) is 22.4. The highest BCUT2D eigenvalue weighted by Gasteiger charge is 2.62. The lowest BCUT2D eigenvalue weighted by Crippen LogP contribution is -2.64. The van der Waals surface area contributed by atoms with Gasteiger partial charge in [0, 0.05) is 17.9 Å². The summed E-state index contributed by atoms with van der Waals surface area (Å²) in [4.78, 5) is 40.8. The Morgan fingerprint density at radius 2 is 1.23 bits per heavy atom. The van der Waals surface area contributed by atoms with Crippen LogP contribution in [0.2, 0.25) is 0 Å². The number of rotatable bonds is 4. The lowest BCUT2D eigenvalue weighted by Gasteiger charge is -2.55. The van der Waals surface area contributed by atoms with Crippen molar-refractivity contribution in [3.63, 3.8) is 0 Å². The summed E-state index contributed by atoms with van der Waals surface area (Å²) in [5.74, 6) is -0.587.